The van der Waals surface area contributed by atoms with E-state index >= 15 is 0 Å². The van der Waals surface area contributed by atoms with Gasteiger partial charge in [0.25, 0.3) is 0 Å². The average molecular weight is 253 g/mol. The predicted octanol–water partition coefficient (Wildman–Crippen LogP) is 1.96. The molecule has 0 atom stereocenters. The van der Waals surface area contributed by atoms with Crippen molar-refractivity contribution in [3.05, 3.63) is 11.6 Å². The van der Waals surface area contributed by atoms with Gasteiger partial charge in [0.05, 0.1) is 0 Å². The maximum absolute atomic E-state index is 3.69. The zero-order valence-corrected chi connectivity index (χ0v) is 12.7. The van der Waals surface area contributed by atoms with Crippen LogP contribution in [-0.4, -0.2) is 62.7 Å². The second-order valence-corrected chi connectivity index (χ2v) is 5.97. The first kappa shape index (κ1) is 15.7. The molecule has 0 unspecified atom stereocenters. The van der Waals surface area contributed by atoms with Crippen molar-refractivity contribution >= 4 is 0 Å². The molecule has 1 fully saturated rings. The van der Waals surface area contributed by atoms with E-state index in [2.05, 4.69) is 49.1 Å². The number of allylic oxidation sites excluding steroid dienone is 1. The second-order valence-electron chi connectivity index (χ2n) is 5.97. The van der Waals surface area contributed by atoms with Gasteiger partial charge in [0, 0.05) is 12.6 Å². The number of nitrogens with one attached hydrogen (secondary N) is 1. The van der Waals surface area contributed by atoms with E-state index in [9.17, 15) is 0 Å². The Hall–Kier alpha value is -0.380. The molecule has 0 radical (unpaired) electrons. The van der Waals surface area contributed by atoms with Gasteiger partial charge >= 0.3 is 0 Å². The molecule has 0 saturated carbocycles. The van der Waals surface area contributed by atoms with Gasteiger partial charge in [-0.2, -0.15) is 0 Å². The van der Waals surface area contributed by atoms with E-state index in [4.69, 9.17) is 0 Å². The van der Waals surface area contributed by atoms with E-state index in [1.807, 2.05) is 0 Å². The minimum atomic E-state index is 0.745. The molecular formula is C15H31N3. The predicted molar refractivity (Wildman–Crippen MR) is 80.1 cm³/mol. The Labute approximate surface area is 113 Å². The summed E-state index contributed by atoms with van der Waals surface area (Å²) in [6, 6.07) is 0.745. The topological polar surface area (TPSA) is 18.5 Å². The molecule has 3 nitrogen and oxygen atoms in total. The molecular weight excluding hydrogens is 222 g/mol. The Morgan fingerprint density at radius 1 is 1.28 bits per heavy atom. The van der Waals surface area contributed by atoms with Gasteiger partial charge in [-0.3, -0.25) is 4.90 Å². The van der Waals surface area contributed by atoms with Gasteiger partial charge in [-0.15, -0.1) is 0 Å². The molecule has 1 aliphatic rings. The van der Waals surface area contributed by atoms with Crippen molar-refractivity contribution in [3.63, 3.8) is 0 Å². The minimum Gasteiger partial charge on any atom is -0.314 e. The quantitative estimate of drug-likeness (QED) is 0.553. The number of likely N-dealkylation sites (tertiary alicyclic amines) is 1. The third kappa shape index (κ3) is 7.14. The fraction of sp³-hybridized carbons (Fsp3) is 0.867. The lowest BCUT2D eigenvalue weighted by atomic mass is 10.0. The molecule has 0 aromatic carbocycles. The van der Waals surface area contributed by atoms with Gasteiger partial charge < -0.3 is 10.2 Å². The average Bonchev–Trinajstić information content (AvgIpc) is 2.33. The summed E-state index contributed by atoms with van der Waals surface area (Å²) in [5.74, 6) is 0. The van der Waals surface area contributed by atoms with Crippen LogP contribution in [0.1, 0.15) is 33.1 Å². The number of piperidine rings is 1. The van der Waals surface area contributed by atoms with Crippen molar-refractivity contribution in [1.82, 2.24) is 15.1 Å². The number of hydrogen-bond donors (Lipinski definition) is 1. The molecule has 0 aliphatic carbocycles. The molecule has 1 heterocycles. The van der Waals surface area contributed by atoms with E-state index in [1.54, 1.807) is 0 Å². The van der Waals surface area contributed by atoms with Crippen molar-refractivity contribution in [2.75, 3.05) is 46.8 Å². The van der Waals surface area contributed by atoms with Crippen LogP contribution >= 0.6 is 0 Å². The van der Waals surface area contributed by atoms with Crippen LogP contribution in [0.3, 0.4) is 0 Å². The summed E-state index contributed by atoms with van der Waals surface area (Å²) in [6.45, 7) is 10.3. The molecule has 1 rings (SSSR count). The Morgan fingerprint density at radius 2 is 1.94 bits per heavy atom. The van der Waals surface area contributed by atoms with Crippen molar-refractivity contribution in [2.24, 2.45) is 0 Å². The van der Waals surface area contributed by atoms with Crippen LogP contribution in [0.4, 0.5) is 0 Å². The number of nitrogens with zero attached hydrogens (tertiary/aromatic N) is 2. The maximum atomic E-state index is 3.69. The number of rotatable bonds is 7. The highest BCUT2D eigenvalue weighted by Crippen LogP contribution is 2.10. The Bertz CT molecular complexity index is 236. The molecule has 1 saturated heterocycles. The highest BCUT2D eigenvalue weighted by atomic mass is 15.1. The standard InChI is InChI=1S/C15H31N3/c1-14(2)6-11-18-12-7-15(8-13-18)16-9-5-10-17(3)4/h6,15-16H,5,7-13H2,1-4H3. The lowest BCUT2D eigenvalue weighted by Gasteiger charge is -2.32. The molecule has 18 heavy (non-hydrogen) atoms. The fourth-order valence-electron chi connectivity index (χ4n) is 2.33. The molecule has 106 valence electrons. The second kappa shape index (κ2) is 8.68. The Kier molecular flexibility index (Phi) is 7.56. The highest BCUT2D eigenvalue weighted by molar-refractivity contribution is 4.95. The summed E-state index contributed by atoms with van der Waals surface area (Å²) in [7, 11) is 4.28. The Balaban J connectivity index is 2.06. The highest BCUT2D eigenvalue weighted by Gasteiger charge is 2.17. The maximum Gasteiger partial charge on any atom is 0.0165 e. The molecule has 3 heteroatoms. The molecule has 1 N–H and O–H groups in total. The van der Waals surface area contributed by atoms with E-state index < -0.39 is 0 Å². The first-order valence-electron chi connectivity index (χ1n) is 7.31. The molecule has 0 aromatic rings. The zero-order chi connectivity index (χ0) is 13.4. The van der Waals surface area contributed by atoms with Gasteiger partial charge in [0.1, 0.15) is 0 Å². The monoisotopic (exact) mass is 253 g/mol. The first-order chi connectivity index (χ1) is 8.58. The van der Waals surface area contributed by atoms with Crippen molar-refractivity contribution < 1.29 is 0 Å². The lowest BCUT2D eigenvalue weighted by molar-refractivity contribution is 0.214. The summed E-state index contributed by atoms with van der Waals surface area (Å²) in [5, 5.41) is 3.69. The van der Waals surface area contributed by atoms with Gasteiger partial charge in [-0.05, 0) is 73.4 Å². The van der Waals surface area contributed by atoms with Gasteiger partial charge in [0.2, 0.25) is 0 Å². The summed E-state index contributed by atoms with van der Waals surface area (Å²) in [5.41, 5.74) is 1.43. The SMILES string of the molecule is CC(C)=CCN1CCC(NCCCN(C)C)CC1. The third-order valence-corrected chi connectivity index (χ3v) is 3.56. The van der Waals surface area contributed by atoms with Crippen LogP contribution in [-0.2, 0) is 0 Å². The fourth-order valence-corrected chi connectivity index (χ4v) is 2.33. The molecule has 0 bridgehead atoms. The third-order valence-electron chi connectivity index (χ3n) is 3.56. The minimum absolute atomic E-state index is 0.745. The summed E-state index contributed by atoms with van der Waals surface area (Å²) < 4.78 is 0. The van der Waals surface area contributed by atoms with Crippen LogP contribution in [0.25, 0.3) is 0 Å². The summed E-state index contributed by atoms with van der Waals surface area (Å²) in [4.78, 5) is 4.81. The normalized spacial score (nSPS) is 18.3. The molecule has 0 spiro atoms. The first-order valence-corrected chi connectivity index (χ1v) is 7.31. The van der Waals surface area contributed by atoms with E-state index in [1.165, 1.54) is 44.5 Å². The summed E-state index contributed by atoms with van der Waals surface area (Å²) >= 11 is 0. The zero-order valence-electron chi connectivity index (χ0n) is 12.7. The molecule has 0 amide bonds. The summed E-state index contributed by atoms with van der Waals surface area (Å²) in [6.07, 6.45) is 6.20. The molecule has 1 aliphatic heterocycles. The van der Waals surface area contributed by atoms with E-state index in [0.29, 0.717) is 0 Å². The Morgan fingerprint density at radius 3 is 2.50 bits per heavy atom. The lowest BCUT2D eigenvalue weighted by Crippen LogP contribution is -2.43. The van der Waals surface area contributed by atoms with Crippen molar-refractivity contribution in [3.8, 4) is 0 Å². The van der Waals surface area contributed by atoms with Gasteiger partial charge in [0.15, 0.2) is 0 Å². The molecule has 0 aromatic heterocycles. The van der Waals surface area contributed by atoms with E-state index in [-0.39, 0.29) is 0 Å². The van der Waals surface area contributed by atoms with Crippen LogP contribution in [0.15, 0.2) is 11.6 Å². The van der Waals surface area contributed by atoms with E-state index in [0.717, 1.165) is 19.1 Å². The largest absolute Gasteiger partial charge is 0.314 e. The van der Waals surface area contributed by atoms with Gasteiger partial charge in [-0.1, -0.05) is 11.6 Å². The van der Waals surface area contributed by atoms with Crippen molar-refractivity contribution in [2.45, 2.75) is 39.2 Å². The van der Waals surface area contributed by atoms with Crippen LogP contribution < -0.4 is 5.32 Å². The van der Waals surface area contributed by atoms with Crippen molar-refractivity contribution in [1.29, 1.82) is 0 Å². The van der Waals surface area contributed by atoms with Crippen LogP contribution in [0.2, 0.25) is 0 Å². The smallest absolute Gasteiger partial charge is 0.0165 e. The van der Waals surface area contributed by atoms with Crippen LogP contribution in [0, 0.1) is 0 Å². The number of hydrogen-bond acceptors (Lipinski definition) is 3. The van der Waals surface area contributed by atoms with Crippen LogP contribution in [0.5, 0.6) is 0 Å². The van der Waals surface area contributed by atoms with Gasteiger partial charge in [-0.25, -0.2) is 0 Å².